The Morgan fingerprint density at radius 1 is 1.19 bits per heavy atom. The number of hydrogen-bond donors (Lipinski definition) is 1. The van der Waals surface area contributed by atoms with Crippen molar-refractivity contribution in [2.24, 2.45) is 0 Å². The van der Waals surface area contributed by atoms with Gasteiger partial charge in [-0.15, -0.1) is 0 Å². The van der Waals surface area contributed by atoms with Crippen LogP contribution in [0.15, 0.2) is 24.3 Å². The summed E-state index contributed by atoms with van der Waals surface area (Å²) in [4.78, 5) is 35.8. The quantitative estimate of drug-likeness (QED) is 0.809. The summed E-state index contributed by atoms with van der Waals surface area (Å²) in [6.07, 6.45) is 0.167. The molecular weight excluding hydrogens is 272 g/mol. The molecule has 0 aliphatic heterocycles. The molecule has 0 saturated heterocycles. The predicted octanol–water partition coefficient (Wildman–Crippen LogP) is 1.67. The first-order chi connectivity index (χ1) is 9.93. The molecule has 6 nitrogen and oxygen atoms in total. The lowest BCUT2D eigenvalue weighted by molar-refractivity contribution is -0.143. The first kappa shape index (κ1) is 16.7. The van der Waals surface area contributed by atoms with Crippen molar-refractivity contribution in [1.29, 1.82) is 0 Å². The molecule has 0 radical (unpaired) electrons. The van der Waals surface area contributed by atoms with Crippen molar-refractivity contribution >= 4 is 23.5 Å². The summed E-state index contributed by atoms with van der Waals surface area (Å²) in [6, 6.07) is 6.59. The van der Waals surface area contributed by atoms with Gasteiger partial charge in [-0.25, -0.2) is 0 Å². The lowest BCUT2D eigenvalue weighted by Gasteiger charge is -2.16. The lowest BCUT2D eigenvalue weighted by Crippen LogP contribution is -2.29. The fraction of sp³-hybridized carbons (Fsp3) is 0.400. The average Bonchev–Trinajstić information content (AvgIpc) is 2.44. The molecule has 0 fully saturated rings. The monoisotopic (exact) mass is 292 g/mol. The van der Waals surface area contributed by atoms with Crippen LogP contribution in [0.25, 0.3) is 0 Å². The number of rotatable bonds is 6. The molecule has 0 unspecified atom stereocenters. The Labute approximate surface area is 124 Å². The molecular formula is C15H20N2O4. The summed E-state index contributed by atoms with van der Waals surface area (Å²) in [7, 11) is 1.63. The van der Waals surface area contributed by atoms with E-state index in [1.165, 1.54) is 11.8 Å². The molecule has 114 valence electrons. The zero-order valence-electron chi connectivity index (χ0n) is 12.5. The SMILES string of the molecule is CCOC(=O)CCN(C)C(=O)c1ccc(NC(C)=O)cc1. The molecule has 0 heterocycles. The Kier molecular flexibility index (Phi) is 6.39. The van der Waals surface area contributed by atoms with Crippen molar-refractivity contribution in [2.45, 2.75) is 20.3 Å². The van der Waals surface area contributed by atoms with Crippen LogP contribution in [-0.2, 0) is 14.3 Å². The number of benzene rings is 1. The van der Waals surface area contributed by atoms with Gasteiger partial charge in [0, 0.05) is 31.8 Å². The minimum Gasteiger partial charge on any atom is -0.466 e. The average molecular weight is 292 g/mol. The zero-order valence-corrected chi connectivity index (χ0v) is 12.5. The maximum Gasteiger partial charge on any atom is 0.307 e. The van der Waals surface area contributed by atoms with Gasteiger partial charge in [0.15, 0.2) is 0 Å². The summed E-state index contributed by atoms with van der Waals surface area (Å²) in [5.74, 6) is -0.674. The van der Waals surface area contributed by atoms with Crippen molar-refractivity contribution in [3.63, 3.8) is 0 Å². The fourth-order valence-electron chi connectivity index (χ4n) is 1.71. The van der Waals surface area contributed by atoms with Gasteiger partial charge < -0.3 is 15.0 Å². The number of amides is 2. The van der Waals surface area contributed by atoms with E-state index < -0.39 is 0 Å². The van der Waals surface area contributed by atoms with E-state index in [1.807, 2.05) is 0 Å². The van der Waals surface area contributed by atoms with Crippen molar-refractivity contribution in [1.82, 2.24) is 4.90 Å². The molecule has 0 saturated carbocycles. The second-order valence-corrected chi connectivity index (χ2v) is 4.54. The summed E-state index contributed by atoms with van der Waals surface area (Å²) in [5, 5.41) is 2.63. The Hall–Kier alpha value is -2.37. The highest BCUT2D eigenvalue weighted by atomic mass is 16.5. The second kappa shape index (κ2) is 8.04. The number of esters is 1. The van der Waals surface area contributed by atoms with Crippen LogP contribution in [0.1, 0.15) is 30.6 Å². The van der Waals surface area contributed by atoms with E-state index >= 15 is 0 Å². The molecule has 1 rings (SSSR count). The summed E-state index contributed by atoms with van der Waals surface area (Å²) in [6.45, 7) is 3.79. The molecule has 0 aromatic heterocycles. The van der Waals surface area contributed by atoms with Crippen molar-refractivity contribution in [3.8, 4) is 0 Å². The second-order valence-electron chi connectivity index (χ2n) is 4.54. The zero-order chi connectivity index (χ0) is 15.8. The van der Waals surface area contributed by atoms with Crippen LogP contribution in [0.2, 0.25) is 0 Å². The van der Waals surface area contributed by atoms with Gasteiger partial charge in [-0.3, -0.25) is 14.4 Å². The fourth-order valence-corrected chi connectivity index (χ4v) is 1.71. The third kappa shape index (κ3) is 5.64. The number of ether oxygens (including phenoxy) is 1. The first-order valence-corrected chi connectivity index (χ1v) is 6.72. The third-order valence-corrected chi connectivity index (χ3v) is 2.76. The van der Waals surface area contributed by atoms with Gasteiger partial charge in [-0.2, -0.15) is 0 Å². The van der Waals surface area contributed by atoms with Crippen LogP contribution in [0.4, 0.5) is 5.69 Å². The van der Waals surface area contributed by atoms with Gasteiger partial charge >= 0.3 is 5.97 Å². The van der Waals surface area contributed by atoms with E-state index in [4.69, 9.17) is 4.74 Å². The van der Waals surface area contributed by atoms with Gasteiger partial charge in [-0.05, 0) is 31.2 Å². The molecule has 0 bridgehead atoms. The standard InChI is InChI=1S/C15H20N2O4/c1-4-21-14(19)9-10-17(3)15(20)12-5-7-13(8-6-12)16-11(2)18/h5-8H,4,9-10H2,1-3H3,(H,16,18). The highest BCUT2D eigenvalue weighted by Crippen LogP contribution is 2.11. The Morgan fingerprint density at radius 2 is 1.81 bits per heavy atom. The normalized spacial score (nSPS) is 9.86. The van der Waals surface area contributed by atoms with E-state index in [2.05, 4.69) is 5.32 Å². The Bertz CT molecular complexity index is 511. The molecule has 21 heavy (non-hydrogen) atoms. The molecule has 0 atom stereocenters. The number of carbonyl (C=O) groups excluding carboxylic acids is 3. The maximum atomic E-state index is 12.1. The summed E-state index contributed by atoms with van der Waals surface area (Å²) in [5.41, 5.74) is 1.13. The first-order valence-electron chi connectivity index (χ1n) is 6.72. The number of nitrogens with zero attached hydrogens (tertiary/aromatic N) is 1. The van der Waals surface area contributed by atoms with Gasteiger partial charge in [0.1, 0.15) is 0 Å². The van der Waals surface area contributed by atoms with Crippen molar-refractivity contribution in [3.05, 3.63) is 29.8 Å². The van der Waals surface area contributed by atoms with Gasteiger partial charge in [0.2, 0.25) is 5.91 Å². The topological polar surface area (TPSA) is 75.7 Å². The van der Waals surface area contributed by atoms with E-state index in [0.717, 1.165) is 0 Å². The van der Waals surface area contributed by atoms with Gasteiger partial charge in [-0.1, -0.05) is 0 Å². The van der Waals surface area contributed by atoms with Gasteiger partial charge in [0.25, 0.3) is 5.91 Å². The van der Waals surface area contributed by atoms with Crippen LogP contribution in [-0.4, -0.2) is 42.9 Å². The Balaban J connectivity index is 2.57. The highest BCUT2D eigenvalue weighted by molar-refractivity contribution is 5.95. The van der Waals surface area contributed by atoms with Crippen LogP contribution >= 0.6 is 0 Å². The number of carbonyl (C=O) groups is 3. The van der Waals surface area contributed by atoms with Crippen molar-refractivity contribution in [2.75, 3.05) is 25.5 Å². The number of hydrogen-bond acceptors (Lipinski definition) is 4. The molecule has 1 aromatic rings. The number of anilines is 1. The third-order valence-electron chi connectivity index (χ3n) is 2.76. The molecule has 0 spiro atoms. The van der Waals surface area contributed by atoms with E-state index in [0.29, 0.717) is 24.4 Å². The number of nitrogens with one attached hydrogen (secondary N) is 1. The predicted molar refractivity (Wildman–Crippen MR) is 79.0 cm³/mol. The molecule has 2 amide bonds. The smallest absolute Gasteiger partial charge is 0.307 e. The molecule has 1 N–H and O–H groups in total. The lowest BCUT2D eigenvalue weighted by atomic mass is 10.2. The van der Waals surface area contributed by atoms with Crippen molar-refractivity contribution < 1.29 is 19.1 Å². The van der Waals surface area contributed by atoms with Crippen LogP contribution in [0.5, 0.6) is 0 Å². The van der Waals surface area contributed by atoms with E-state index in [1.54, 1.807) is 38.2 Å². The van der Waals surface area contributed by atoms with Crippen LogP contribution in [0, 0.1) is 0 Å². The largest absolute Gasteiger partial charge is 0.466 e. The summed E-state index contributed by atoms with van der Waals surface area (Å²) < 4.78 is 4.81. The van der Waals surface area contributed by atoms with E-state index in [9.17, 15) is 14.4 Å². The minimum atomic E-state index is -0.321. The molecule has 0 aliphatic carbocycles. The minimum absolute atomic E-state index is 0.166. The molecule has 0 aliphatic rings. The molecule has 6 heteroatoms. The maximum absolute atomic E-state index is 12.1. The highest BCUT2D eigenvalue weighted by Gasteiger charge is 2.13. The van der Waals surface area contributed by atoms with Crippen LogP contribution in [0.3, 0.4) is 0 Å². The Morgan fingerprint density at radius 3 is 2.33 bits per heavy atom. The van der Waals surface area contributed by atoms with Crippen LogP contribution < -0.4 is 5.32 Å². The molecule has 1 aromatic carbocycles. The van der Waals surface area contributed by atoms with Gasteiger partial charge in [0.05, 0.1) is 13.0 Å². The van der Waals surface area contributed by atoms with E-state index in [-0.39, 0.29) is 24.2 Å². The summed E-state index contributed by atoms with van der Waals surface area (Å²) >= 11 is 0.